The molecular formula is C35H35ClN4O2. The number of ether oxygens (including phenoxy) is 1. The number of phenols is 1. The summed E-state index contributed by atoms with van der Waals surface area (Å²) in [7, 11) is 4.15. The number of hydrogen-bond acceptors (Lipinski definition) is 5. The fourth-order valence-electron chi connectivity index (χ4n) is 5.49. The molecule has 7 heteroatoms. The lowest BCUT2D eigenvalue weighted by molar-refractivity contribution is 0.294. The van der Waals surface area contributed by atoms with Crippen molar-refractivity contribution >= 4 is 22.5 Å². The standard InChI is InChI=1S/C35H35ClN4O2/c1-40(2)15-7-6-14-37-28-16-27(17-28)29-12-10-25(23-8-4-3-5-9-23)20-34(29)42-35-21-26(19-32-30(35)22-38-39-32)24-11-13-33(41)31(36)18-24/h3-13,18-22,27-28,37,41H,14-17H2,1-2H3,(H,38,39)/b7-6+. The van der Waals surface area contributed by atoms with Crippen LogP contribution < -0.4 is 10.1 Å². The molecule has 6 nitrogen and oxygen atoms in total. The van der Waals surface area contributed by atoms with Crippen molar-refractivity contribution in [2.24, 2.45) is 0 Å². The van der Waals surface area contributed by atoms with Crippen LogP contribution in [0.4, 0.5) is 0 Å². The molecule has 1 aliphatic rings. The van der Waals surface area contributed by atoms with E-state index in [1.54, 1.807) is 18.3 Å². The van der Waals surface area contributed by atoms with Gasteiger partial charge in [0.1, 0.15) is 17.2 Å². The first-order valence-corrected chi connectivity index (χ1v) is 14.7. The zero-order valence-electron chi connectivity index (χ0n) is 23.8. The minimum absolute atomic E-state index is 0.0553. The predicted octanol–water partition coefficient (Wildman–Crippen LogP) is 8.00. The third kappa shape index (κ3) is 6.21. The second-order valence-electron chi connectivity index (χ2n) is 11.2. The number of nitrogens with one attached hydrogen (secondary N) is 2. The molecule has 0 unspecified atom stereocenters. The van der Waals surface area contributed by atoms with Crippen LogP contribution in [-0.2, 0) is 0 Å². The molecule has 3 N–H and O–H groups in total. The summed E-state index contributed by atoms with van der Waals surface area (Å²) >= 11 is 6.24. The van der Waals surface area contributed by atoms with Gasteiger partial charge in [-0.3, -0.25) is 5.10 Å². The van der Waals surface area contributed by atoms with Gasteiger partial charge in [0, 0.05) is 19.1 Å². The van der Waals surface area contributed by atoms with Crippen LogP contribution >= 0.6 is 11.6 Å². The molecule has 0 bridgehead atoms. The summed E-state index contributed by atoms with van der Waals surface area (Å²) < 4.78 is 6.81. The summed E-state index contributed by atoms with van der Waals surface area (Å²) in [5.74, 6) is 2.03. The molecule has 0 spiro atoms. The van der Waals surface area contributed by atoms with Gasteiger partial charge in [-0.15, -0.1) is 0 Å². The SMILES string of the molecule is CN(C)C/C=C/CNC1CC(c2ccc(-c3ccccc3)cc2Oc2cc(-c3ccc(O)c(Cl)c3)cc3[nH]ncc23)C1. The predicted molar refractivity (Wildman–Crippen MR) is 172 cm³/mol. The van der Waals surface area contributed by atoms with E-state index >= 15 is 0 Å². The molecule has 0 radical (unpaired) electrons. The Labute approximate surface area is 251 Å². The number of halogens is 1. The average Bonchev–Trinajstić information content (AvgIpc) is 3.45. The number of H-pyrrole nitrogens is 1. The summed E-state index contributed by atoms with van der Waals surface area (Å²) in [5, 5.41) is 22.2. The van der Waals surface area contributed by atoms with E-state index in [-0.39, 0.29) is 5.75 Å². The van der Waals surface area contributed by atoms with Gasteiger partial charge >= 0.3 is 0 Å². The van der Waals surface area contributed by atoms with Gasteiger partial charge < -0.3 is 20.1 Å². The van der Waals surface area contributed by atoms with Gasteiger partial charge in [0.15, 0.2) is 0 Å². The third-order valence-electron chi connectivity index (χ3n) is 7.88. The van der Waals surface area contributed by atoms with E-state index < -0.39 is 0 Å². The molecule has 4 aromatic carbocycles. The van der Waals surface area contributed by atoms with Gasteiger partial charge in [-0.1, -0.05) is 72.3 Å². The summed E-state index contributed by atoms with van der Waals surface area (Å²) in [6, 6.07) is 26.7. The van der Waals surface area contributed by atoms with Crippen molar-refractivity contribution in [2.75, 3.05) is 27.2 Å². The maximum Gasteiger partial charge on any atom is 0.139 e. The molecule has 5 aromatic rings. The molecule has 0 amide bonds. The Hall–Kier alpha value is -4.10. The van der Waals surface area contributed by atoms with Crippen LogP contribution in [0, 0.1) is 0 Å². The number of benzene rings is 4. The Bertz CT molecular complexity index is 1710. The minimum Gasteiger partial charge on any atom is -0.506 e. The number of likely N-dealkylation sites (N-methyl/N-ethyl adjacent to an activating group) is 1. The normalized spacial score (nSPS) is 16.8. The first kappa shape index (κ1) is 28.0. The zero-order chi connectivity index (χ0) is 29.1. The Balaban J connectivity index is 1.30. The second kappa shape index (κ2) is 12.4. The maximum absolute atomic E-state index is 9.94. The highest BCUT2D eigenvalue weighted by Gasteiger charge is 2.32. The van der Waals surface area contributed by atoms with E-state index in [1.165, 1.54) is 5.56 Å². The lowest BCUT2D eigenvalue weighted by atomic mass is 9.75. The number of fused-ring (bicyclic) bond motifs is 1. The van der Waals surface area contributed by atoms with Gasteiger partial charge in [0.05, 0.1) is 22.1 Å². The van der Waals surface area contributed by atoms with E-state index in [4.69, 9.17) is 16.3 Å². The first-order chi connectivity index (χ1) is 20.4. The number of phenolic OH excluding ortho intramolecular Hbond substituents is 1. The van der Waals surface area contributed by atoms with Crippen LogP contribution in [0.5, 0.6) is 17.2 Å². The summed E-state index contributed by atoms with van der Waals surface area (Å²) in [4.78, 5) is 2.16. The lowest BCUT2D eigenvalue weighted by Crippen LogP contribution is -2.40. The number of hydrogen-bond donors (Lipinski definition) is 3. The van der Waals surface area contributed by atoms with Crippen molar-refractivity contribution in [1.82, 2.24) is 20.4 Å². The molecule has 0 atom stereocenters. The fourth-order valence-corrected chi connectivity index (χ4v) is 5.67. The summed E-state index contributed by atoms with van der Waals surface area (Å²) in [5.41, 5.74) is 6.13. The number of aromatic amines is 1. The number of aromatic hydroxyl groups is 1. The molecule has 0 saturated heterocycles. The largest absolute Gasteiger partial charge is 0.506 e. The van der Waals surface area contributed by atoms with Crippen molar-refractivity contribution in [3.8, 4) is 39.5 Å². The van der Waals surface area contributed by atoms with Crippen molar-refractivity contribution in [3.63, 3.8) is 0 Å². The van der Waals surface area contributed by atoms with Crippen molar-refractivity contribution in [3.05, 3.63) is 108 Å². The van der Waals surface area contributed by atoms with E-state index in [2.05, 4.69) is 89.1 Å². The van der Waals surface area contributed by atoms with Gasteiger partial charge in [-0.2, -0.15) is 5.10 Å². The van der Waals surface area contributed by atoms with Crippen LogP contribution in [0.2, 0.25) is 5.02 Å². The highest BCUT2D eigenvalue weighted by molar-refractivity contribution is 6.32. The van der Waals surface area contributed by atoms with Crippen LogP contribution in [-0.4, -0.2) is 53.4 Å². The maximum atomic E-state index is 9.94. The molecule has 42 heavy (non-hydrogen) atoms. The highest BCUT2D eigenvalue weighted by Crippen LogP contribution is 2.45. The summed E-state index contributed by atoms with van der Waals surface area (Å²) in [6.07, 6.45) is 8.34. The Kier molecular flexibility index (Phi) is 8.29. The first-order valence-electron chi connectivity index (χ1n) is 14.3. The molecule has 6 rings (SSSR count). The van der Waals surface area contributed by atoms with E-state index in [1.807, 2.05) is 24.3 Å². The molecular weight excluding hydrogens is 544 g/mol. The van der Waals surface area contributed by atoms with E-state index in [9.17, 15) is 5.11 Å². The lowest BCUT2D eigenvalue weighted by Gasteiger charge is -2.37. The Morgan fingerprint density at radius 1 is 0.929 bits per heavy atom. The average molecular weight is 579 g/mol. The highest BCUT2D eigenvalue weighted by atomic mass is 35.5. The number of rotatable bonds is 10. The van der Waals surface area contributed by atoms with E-state index in [0.29, 0.717) is 22.7 Å². The quantitative estimate of drug-likeness (QED) is 0.146. The molecule has 1 saturated carbocycles. The van der Waals surface area contributed by atoms with Crippen LogP contribution in [0.25, 0.3) is 33.2 Å². The second-order valence-corrected chi connectivity index (χ2v) is 11.6. The fraction of sp³-hybridized carbons (Fsp3) is 0.229. The van der Waals surface area contributed by atoms with Gasteiger partial charge in [0.25, 0.3) is 0 Å². The number of nitrogens with zero attached hydrogens (tertiary/aromatic N) is 2. The van der Waals surface area contributed by atoms with Crippen molar-refractivity contribution < 1.29 is 9.84 Å². The monoisotopic (exact) mass is 578 g/mol. The van der Waals surface area contributed by atoms with Crippen molar-refractivity contribution in [1.29, 1.82) is 0 Å². The molecule has 1 heterocycles. The van der Waals surface area contributed by atoms with Gasteiger partial charge in [-0.25, -0.2) is 0 Å². The molecule has 1 aliphatic carbocycles. The van der Waals surface area contributed by atoms with Gasteiger partial charge in [-0.05, 0) is 91.0 Å². The molecule has 214 valence electrons. The Morgan fingerprint density at radius 3 is 2.48 bits per heavy atom. The smallest absolute Gasteiger partial charge is 0.139 e. The summed E-state index contributed by atoms with van der Waals surface area (Å²) in [6.45, 7) is 1.84. The Morgan fingerprint density at radius 2 is 1.69 bits per heavy atom. The molecule has 1 aromatic heterocycles. The van der Waals surface area contributed by atoms with E-state index in [0.717, 1.165) is 64.8 Å². The molecule has 0 aliphatic heterocycles. The number of aromatic nitrogens is 2. The van der Waals surface area contributed by atoms with Crippen LogP contribution in [0.15, 0.2) is 97.2 Å². The zero-order valence-corrected chi connectivity index (χ0v) is 24.6. The van der Waals surface area contributed by atoms with Crippen LogP contribution in [0.3, 0.4) is 0 Å². The molecule has 1 fully saturated rings. The van der Waals surface area contributed by atoms with Gasteiger partial charge in [0.2, 0.25) is 0 Å². The van der Waals surface area contributed by atoms with Crippen LogP contribution in [0.1, 0.15) is 24.3 Å². The third-order valence-corrected chi connectivity index (χ3v) is 8.18. The minimum atomic E-state index is 0.0553. The van der Waals surface area contributed by atoms with Crippen molar-refractivity contribution in [2.45, 2.75) is 24.8 Å². The topological polar surface area (TPSA) is 73.4 Å².